The van der Waals surface area contributed by atoms with Crippen LogP contribution in [-0.2, 0) is 27.4 Å². The van der Waals surface area contributed by atoms with Gasteiger partial charge in [0.25, 0.3) is 0 Å². The lowest BCUT2D eigenvalue weighted by Crippen LogP contribution is -2.47. The standard InChI is InChI=1S/C15H16F3N3O4S/c1-10-2-3-12(25-10)11-9-26(23,24)7-6-21(11)14(22)8-20-5-4-13(19-20)15(16,17)18/h2-5,11H,6-9H2,1H3/t11-/m1/s1. The summed E-state index contributed by atoms with van der Waals surface area (Å²) in [5, 5.41) is 3.35. The van der Waals surface area contributed by atoms with Gasteiger partial charge >= 0.3 is 6.18 Å². The molecule has 0 aromatic carbocycles. The zero-order valence-electron chi connectivity index (χ0n) is 13.7. The number of halogens is 3. The molecule has 0 spiro atoms. The molecule has 0 radical (unpaired) electrons. The summed E-state index contributed by atoms with van der Waals surface area (Å²) in [4.78, 5) is 13.9. The van der Waals surface area contributed by atoms with Crippen molar-refractivity contribution in [2.24, 2.45) is 0 Å². The van der Waals surface area contributed by atoms with Gasteiger partial charge in [-0.3, -0.25) is 9.48 Å². The van der Waals surface area contributed by atoms with Gasteiger partial charge in [0.2, 0.25) is 5.91 Å². The van der Waals surface area contributed by atoms with Gasteiger partial charge in [-0.05, 0) is 25.1 Å². The summed E-state index contributed by atoms with van der Waals surface area (Å²) in [6.07, 6.45) is -3.53. The summed E-state index contributed by atoms with van der Waals surface area (Å²) in [5.74, 6) is -0.135. The van der Waals surface area contributed by atoms with E-state index in [-0.39, 0.29) is 18.1 Å². The Balaban J connectivity index is 1.81. The summed E-state index contributed by atoms with van der Waals surface area (Å²) in [7, 11) is -3.35. The number of nitrogens with zero attached hydrogens (tertiary/aromatic N) is 3. The number of hydrogen-bond donors (Lipinski definition) is 0. The van der Waals surface area contributed by atoms with Crippen LogP contribution in [0.3, 0.4) is 0 Å². The van der Waals surface area contributed by atoms with Crippen LogP contribution in [-0.4, -0.2) is 47.1 Å². The van der Waals surface area contributed by atoms with Crippen molar-refractivity contribution in [1.29, 1.82) is 0 Å². The number of sulfone groups is 1. The Kier molecular flexibility index (Phi) is 4.59. The average Bonchev–Trinajstić information content (AvgIpc) is 3.15. The van der Waals surface area contributed by atoms with E-state index < -0.39 is 40.2 Å². The fraction of sp³-hybridized carbons (Fsp3) is 0.467. The number of furan rings is 1. The molecule has 1 aliphatic rings. The lowest BCUT2D eigenvalue weighted by atomic mass is 10.2. The van der Waals surface area contributed by atoms with Gasteiger partial charge in [-0.2, -0.15) is 18.3 Å². The van der Waals surface area contributed by atoms with Gasteiger partial charge in [-0.25, -0.2) is 8.42 Å². The van der Waals surface area contributed by atoms with Crippen LogP contribution in [0.4, 0.5) is 13.2 Å². The van der Waals surface area contributed by atoms with E-state index in [1.165, 1.54) is 4.90 Å². The second kappa shape index (κ2) is 6.45. The molecule has 11 heteroatoms. The second-order valence-electron chi connectivity index (χ2n) is 6.06. The number of rotatable bonds is 3. The van der Waals surface area contributed by atoms with E-state index in [2.05, 4.69) is 5.10 Å². The molecular formula is C15H16F3N3O4S. The minimum atomic E-state index is -4.60. The van der Waals surface area contributed by atoms with E-state index in [0.717, 1.165) is 16.9 Å². The summed E-state index contributed by atoms with van der Waals surface area (Å²) in [6.45, 7) is 1.21. The first-order valence-electron chi connectivity index (χ1n) is 7.72. The number of aromatic nitrogens is 2. The van der Waals surface area contributed by atoms with Gasteiger partial charge in [-0.15, -0.1) is 0 Å². The first-order valence-corrected chi connectivity index (χ1v) is 9.54. The third-order valence-electron chi connectivity index (χ3n) is 4.07. The highest BCUT2D eigenvalue weighted by molar-refractivity contribution is 7.91. The van der Waals surface area contributed by atoms with Crippen LogP contribution in [0.1, 0.15) is 23.3 Å². The van der Waals surface area contributed by atoms with E-state index in [0.29, 0.717) is 11.5 Å². The Bertz CT molecular complexity index is 917. The lowest BCUT2D eigenvalue weighted by molar-refractivity contribution is -0.142. The van der Waals surface area contributed by atoms with Gasteiger partial charge in [0.1, 0.15) is 24.1 Å². The molecule has 142 valence electrons. The summed E-state index contributed by atoms with van der Waals surface area (Å²) in [6, 6.07) is 3.22. The normalized spacial score (nSPS) is 20.3. The van der Waals surface area contributed by atoms with Crippen molar-refractivity contribution in [2.75, 3.05) is 18.1 Å². The topological polar surface area (TPSA) is 85.4 Å². The maximum absolute atomic E-state index is 12.6. The summed E-state index contributed by atoms with van der Waals surface area (Å²) < 4.78 is 68.1. The van der Waals surface area contributed by atoms with Crippen molar-refractivity contribution in [3.63, 3.8) is 0 Å². The molecule has 1 aliphatic heterocycles. The summed E-state index contributed by atoms with van der Waals surface area (Å²) in [5.41, 5.74) is -1.09. The van der Waals surface area contributed by atoms with E-state index in [1.807, 2.05) is 0 Å². The molecule has 0 bridgehead atoms. The van der Waals surface area contributed by atoms with E-state index in [1.54, 1.807) is 19.1 Å². The van der Waals surface area contributed by atoms with Gasteiger partial charge in [0.05, 0.1) is 11.5 Å². The third kappa shape index (κ3) is 3.92. The molecule has 1 atom stereocenters. The quantitative estimate of drug-likeness (QED) is 0.797. The van der Waals surface area contributed by atoms with Crippen LogP contribution in [0.15, 0.2) is 28.8 Å². The molecule has 0 aliphatic carbocycles. The Morgan fingerprint density at radius 3 is 2.65 bits per heavy atom. The fourth-order valence-electron chi connectivity index (χ4n) is 2.80. The van der Waals surface area contributed by atoms with Crippen molar-refractivity contribution in [1.82, 2.24) is 14.7 Å². The zero-order chi connectivity index (χ0) is 19.1. The predicted octanol–water partition coefficient (Wildman–Crippen LogP) is 1.80. The first kappa shape index (κ1) is 18.5. The third-order valence-corrected chi connectivity index (χ3v) is 5.70. The Morgan fingerprint density at radius 1 is 1.35 bits per heavy atom. The van der Waals surface area contributed by atoms with Gasteiger partial charge in [0.15, 0.2) is 15.5 Å². The van der Waals surface area contributed by atoms with Crippen molar-refractivity contribution in [3.05, 3.63) is 41.6 Å². The number of carbonyl (C=O) groups is 1. The van der Waals surface area contributed by atoms with Crippen molar-refractivity contribution in [3.8, 4) is 0 Å². The van der Waals surface area contributed by atoms with Crippen LogP contribution in [0.25, 0.3) is 0 Å². The highest BCUT2D eigenvalue weighted by Gasteiger charge is 2.37. The Morgan fingerprint density at radius 2 is 2.08 bits per heavy atom. The predicted molar refractivity (Wildman–Crippen MR) is 83.8 cm³/mol. The molecule has 0 N–H and O–H groups in total. The first-order chi connectivity index (χ1) is 12.0. The molecule has 0 saturated carbocycles. The molecule has 1 saturated heterocycles. The van der Waals surface area contributed by atoms with Crippen LogP contribution >= 0.6 is 0 Å². The van der Waals surface area contributed by atoms with Gasteiger partial charge < -0.3 is 9.32 Å². The number of carbonyl (C=O) groups excluding carboxylic acids is 1. The summed E-state index contributed by atoms with van der Waals surface area (Å²) >= 11 is 0. The monoisotopic (exact) mass is 391 g/mol. The Hall–Kier alpha value is -2.30. The van der Waals surface area contributed by atoms with E-state index in [9.17, 15) is 26.4 Å². The average molecular weight is 391 g/mol. The molecule has 2 aromatic heterocycles. The van der Waals surface area contributed by atoms with Crippen LogP contribution < -0.4 is 0 Å². The van der Waals surface area contributed by atoms with Crippen LogP contribution in [0.5, 0.6) is 0 Å². The largest absolute Gasteiger partial charge is 0.464 e. The Labute approximate surface area is 147 Å². The molecule has 26 heavy (non-hydrogen) atoms. The number of aryl methyl sites for hydroxylation is 1. The van der Waals surface area contributed by atoms with Crippen LogP contribution in [0, 0.1) is 6.92 Å². The molecule has 3 heterocycles. The highest BCUT2D eigenvalue weighted by Crippen LogP contribution is 2.29. The number of amides is 1. The molecular weight excluding hydrogens is 375 g/mol. The zero-order valence-corrected chi connectivity index (χ0v) is 14.5. The molecule has 3 rings (SSSR count). The van der Waals surface area contributed by atoms with Crippen LogP contribution in [0.2, 0.25) is 0 Å². The van der Waals surface area contributed by atoms with Gasteiger partial charge in [-0.1, -0.05) is 0 Å². The maximum atomic E-state index is 12.6. The number of alkyl halides is 3. The fourth-order valence-corrected chi connectivity index (χ4v) is 4.27. The SMILES string of the molecule is Cc1ccc([C@H]2CS(=O)(=O)CCN2C(=O)Cn2ccc(C(F)(F)F)n2)o1. The lowest BCUT2D eigenvalue weighted by Gasteiger charge is -2.34. The molecule has 7 nitrogen and oxygen atoms in total. The molecule has 1 fully saturated rings. The minimum absolute atomic E-state index is 0.0566. The van der Waals surface area contributed by atoms with Gasteiger partial charge in [0, 0.05) is 12.7 Å². The molecule has 1 amide bonds. The van der Waals surface area contributed by atoms with Crippen molar-refractivity contribution in [2.45, 2.75) is 25.7 Å². The smallest absolute Gasteiger partial charge is 0.435 e. The number of hydrogen-bond acceptors (Lipinski definition) is 5. The maximum Gasteiger partial charge on any atom is 0.435 e. The van der Waals surface area contributed by atoms with Crippen molar-refractivity contribution >= 4 is 15.7 Å². The minimum Gasteiger partial charge on any atom is -0.464 e. The second-order valence-corrected chi connectivity index (χ2v) is 8.29. The molecule has 0 unspecified atom stereocenters. The van der Waals surface area contributed by atoms with Crippen molar-refractivity contribution < 1.29 is 30.8 Å². The van der Waals surface area contributed by atoms with E-state index >= 15 is 0 Å². The highest BCUT2D eigenvalue weighted by atomic mass is 32.2. The molecule has 2 aromatic rings. The van der Waals surface area contributed by atoms with E-state index in [4.69, 9.17) is 4.42 Å².